The van der Waals surface area contributed by atoms with Crippen LogP contribution in [0.2, 0.25) is 0 Å². The second-order valence-corrected chi connectivity index (χ2v) is 6.28. The summed E-state index contributed by atoms with van der Waals surface area (Å²) in [5.74, 6) is 1.40. The Hall–Kier alpha value is 0.270. The van der Waals surface area contributed by atoms with Crippen LogP contribution in [0.1, 0.15) is 32.1 Å². The number of rotatable bonds is 3. The van der Waals surface area contributed by atoms with Crippen LogP contribution in [-0.2, 0) is 0 Å². The molecular formula is C12H24N2S. The first-order chi connectivity index (χ1) is 7.38. The third kappa shape index (κ3) is 3.65. The van der Waals surface area contributed by atoms with Crippen molar-refractivity contribution in [1.29, 1.82) is 0 Å². The molecule has 2 aliphatic heterocycles. The fourth-order valence-corrected chi connectivity index (χ4v) is 4.05. The summed E-state index contributed by atoms with van der Waals surface area (Å²) in [7, 11) is 2.10. The van der Waals surface area contributed by atoms with E-state index in [0.717, 1.165) is 11.3 Å². The van der Waals surface area contributed by atoms with Crippen LogP contribution in [0.25, 0.3) is 0 Å². The molecule has 2 saturated heterocycles. The zero-order valence-corrected chi connectivity index (χ0v) is 10.7. The van der Waals surface area contributed by atoms with Gasteiger partial charge in [0.25, 0.3) is 0 Å². The average Bonchev–Trinajstić information content (AvgIpc) is 2.31. The van der Waals surface area contributed by atoms with Gasteiger partial charge < -0.3 is 10.2 Å². The van der Waals surface area contributed by atoms with Gasteiger partial charge in [-0.1, -0.05) is 6.42 Å². The summed E-state index contributed by atoms with van der Waals surface area (Å²) in [6, 6.07) is 0.743. The Labute approximate surface area is 98.2 Å². The number of likely N-dealkylation sites (tertiary alicyclic amines) is 1. The molecule has 0 spiro atoms. The van der Waals surface area contributed by atoms with Crippen LogP contribution in [0.3, 0.4) is 0 Å². The molecule has 2 heterocycles. The molecule has 2 rings (SSSR count). The summed E-state index contributed by atoms with van der Waals surface area (Å²) >= 11 is 2.20. The number of hydrogen-bond acceptors (Lipinski definition) is 3. The lowest BCUT2D eigenvalue weighted by Gasteiger charge is -2.35. The lowest BCUT2D eigenvalue weighted by atomic mass is 10.1. The van der Waals surface area contributed by atoms with Crippen LogP contribution >= 0.6 is 11.8 Å². The molecule has 0 bridgehead atoms. The van der Waals surface area contributed by atoms with Crippen LogP contribution in [0.5, 0.6) is 0 Å². The molecule has 2 fully saturated rings. The Kier molecular flexibility index (Phi) is 4.79. The third-order valence-corrected chi connectivity index (χ3v) is 5.03. The fraction of sp³-hybridized carbons (Fsp3) is 1.00. The Balaban J connectivity index is 1.72. The molecule has 15 heavy (non-hydrogen) atoms. The molecule has 0 saturated carbocycles. The molecule has 2 unspecified atom stereocenters. The normalized spacial score (nSPS) is 34.2. The Morgan fingerprint density at radius 1 is 1.27 bits per heavy atom. The van der Waals surface area contributed by atoms with Gasteiger partial charge in [0.05, 0.1) is 0 Å². The lowest BCUT2D eigenvalue weighted by molar-refractivity contribution is 0.194. The van der Waals surface area contributed by atoms with E-state index in [1.54, 1.807) is 0 Å². The first-order valence-electron chi connectivity index (χ1n) is 6.39. The Morgan fingerprint density at radius 3 is 2.93 bits per heavy atom. The maximum Gasteiger partial charge on any atom is 0.0192 e. The van der Waals surface area contributed by atoms with E-state index < -0.39 is 0 Å². The van der Waals surface area contributed by atoms with Crippen LogP contribution in [-0.4, -0.2) is 48.6 Å². The van der Waals surface area contributed by atoms with E-state index in [-0.39, 0.29) is 0 Å². The van der Waals surface area contributed by atoms with Gasteiger partial charge in [-0.15, -0.1) is 0 Å². The van der Waals surface area contributed by atoms with Gasteiger partial charge >= 0.3 is 0 Å². The maximum absolute atomic E-state index is 3.42. The molecule has 88 valence electrons. The second-order valence-electron chi connectivity index (χ2n) is 4.88. The molecule has 3 heteroatoms. The number of thioether (sulfide) groups is 1. The molecule has 0 aliphatic carbocycles. The quantitative estimate of drug-likeness (QED) is 0.795. The minimum Gasteiger partial charge on any atom is -0.316 e. The maximum atomic E-state index is 3.42. The smallest absolute Gasteiger partial charge is 0.0192 e. The number of likely N-dealkylation sites (N-methyl/N-ethyl adjacent to an activating group) is 1. The second kappa shape index (κ2) is 6.12. The monoisotopic (exact) mass is 228 g/mol. The number of nitrogens with zero attached hydrogens (tertiary/aromatic N) is 1. The SMILES string of the molecule is CNC1CCCN(CC2CCCCS2)C1. The Bertz CT molecular complexity index is 180. The molecule has 2 nitrogen and oxygen atoms in total. The molecule has 0 radical (unpaired) electrons. The van der Waals surface area contributed by atoms with Crippen molar-refractivity contribution in [2.45, 2.75) is 43.4 Å². The summed E-state index contributed by atoms with van der Waals surface area (Å²) in [5, 5.41) is 4.35. The van der Waals surface area contributed by atoms with Crippen LogP contribution in [0.15, 0.2) is 0 Å². The summed E-state index contributed by atoms with van der Waals surface area (Å²) < 4.78 is 0. The van der Waals surface area contributed by atoms with E-state index in [1.165, 1.54) is 57.5 Å². The van der Waals surface area contributed by atoms with Crippen molar-refractivity contribution in [3.05, 3.63) is 0 Å². The van der Waals surface area contributed by atoms with E-state index in [4.69, 9.17) is 0 Å². The van der Waals surface area contributed by atoms with Crippen molar-refractivity contribution in [2.75, 3.05) is 32.4 Å². The molecule has 0 aromatic rings. The molecular weight excluding hydrogens is 204 g/mol. The molecule has 0 aromatic heterocycles. The van der Waals surface area contributed by atoms with Crippen LogP contribution < -0.4 is 5.32 Å². The largest absolute Gasteiger partial charge is 0.316 e. The van der Waals surface area contributed by atoms with Crippen molar-refractivity contribution in [1.82, 2.24) is 10.2 Å². The van der Waals surface area contributed by atoms with Gasteiger partial charge in [-0.2, -0.15) is 11.8 Å². The van der Waals surface area contributed by atoms with Crippen molar-refractivity contribution < 1.29 is 0 Å². The van der Waals surface area contributed by atoms with Crippen LogP contribution in [0, 0.1) is 0 Å². The van der Waals surface area contributed by atoms with Gasteiger partial charge in [0.1, 0.15) is 0 Å². The molecule has 0 aromatic carbocycles. The van der Waals surface area contributed by atoms with Crippen molar-refractivity contribution in [3.63, 3.8) is 0 Å². The predicted molar refractivity (Wildman–Crippen MR) is 68.6 cm³/mol. The zero-order valence-electron chi connectivity index (χ0n) is 9.87. The zero-order chi connectivity index (χ0) is 10.5. The van der Waals surface area contributed by atoms with Crippen molar-refractivity contribution >= 4 is 11.8 Å². The highest BCUT2D eigenvalue weighted by Crippen LogP contribution is 2.26. The van der Waals surface area contributed by atoms with Gasteiger partial charge in [-0.3, -0.25) is 0 Å². The molecule has 2 atom stereocenters. The van der Waals surface area contributed by atoms with Crippen molar-refractivity contribution in [3.8, 4) is 0 Å². The summed E-state index contributed by atoms with van der Waals surface area (Å²) in [6.45, 7) is 3.94. The van der Waals surface area contributed by atoms with E-state index in [1.807, 2.05) is 0 Å². The van der Waals surface area contributed by atoms with Crippen molar-refractivity contribution in [2.24, 2.45) is 0 Å². The minimum atomic E-state index is 0.743. The van der Waals surface area contributed by atoms with E-state index in [9.17, 15) is 0 Å². The Morgan fingerprint density at radius 2 is 2.20 bits per heavy atom. The number of nitrogens with one attached hydrogen (secondary N) is 1. The molecule has 1 N–H and O–H groups in total. The van der Waals surface area contributed by atoms with E-state index in [0.29, 0.717) is 0 Å². The van der Waals surface area contributed by atoms with Gasteiger partial charge in [0, 0.05) is 24.4 Å². The number of piperidine rings is 1. The van der Waals surface area contributed by atoms with Gasteiger partial charge in [-0.25, -0.2) is 0 Å². The lowest BCUT2D eigenvalue weighted by Crippen LogP contribution is -2.46. The standard InChI is InChI=1S/C12H24N2S/c1-13-11-5-4-7-14(9-11)10-12-6-2-3-8-15-12/h11-13H,2-10H2,1H3. The predicted octanol–water partition coefficient (Wildman–Crippen LogP) is 1.96. The van der Waals surface area contributed by atoms with E-state index >= 15 is 0 Å². The van der Waals surface area contributed by atoms with Gasteiger partial charge in [-0.05, 0) is 45.0 Å². The summed E-state index contributed by atoms with van der Waals surface area (Å²) in [4.78, 5) is 2.67. The molecule has 0 amide bonds. The topological polar surface area (TPSA) is 15.3 Å². The third-order valence-electron chi connectivity index (χ3n) is 3.65. The average molecular weight is 228 g/mol. The first kappa shape index (κ1) is 11.7. The first-order valence-corrected chi connectivity index (χ1v) is 7.44. The van der Waals surface area contributed by atoms with E-state index in [2.05, 4.69) is 29.0 Å². The summed E-state index contributed by atoms with van der Waals surface area (Å²) in [6.07, 6.45) is 7.10. The van der Waals surface area contributed by atoms with Gasteiger partial charge in [0.15, 0.2) is 0 Å². The minimum absolute atomic E-state index is 0.743. The number of hydrogen-bond donors (Lipinski definition) is 1. The highest BCUT2D eigenvalue weighted by molar-refractivity contribution is 7.99. The highest BCUT2D eigenvalue weighted by atomic mass is 32.2. The molecule has 2 aliphatic rings. The van der Waals surface area contributed by atoms with Gasteiger partial charge in [0.2, 0.25) is 0 Å². The summed E-state index contributed by atoms with van der Waals surface area (Å²) in [5.41, 5.74) is 0. The fourth-order valence-electron chi connectivity index (χ4n) is 2.70. The van der Waals surface area contributed by atoms with Crippen LogP contribution in [0.4, 0.5) is 0 Å². The highest BCUT2D eigenvalue weighted by Gasteiger charge is 2.22.